The maximum Gasteiger partial charge on any atom is 0.244 e. The number of hydrogen-bond acceptors (Lipinski definition) is 3. The van der Waals surface area contributed by atoms with Crippen molar-refractivity contribution in [3.05, 3.63) is 35.9 Å². The zero-order valence-corrected chi connectivity index (χ0v) is 9.93. The Hall–Kier alpha value is -1.39. The minimum Gasteiger partial charge on any atom is -0.340 e. The van der Waals surface area contributed by atoms with Crippen LogP contribution in [-0.2, 0) is 4.79 Å². The summed E-state index contributed by atoms with van der Waals surface area (Å²) < 4.78 is 0. The van der Waals surface area contributed by atoms with Crippen molar-refractivity contribution in [3.63, 3.8) is 0 Å². The van der Waals surface area contributed by atoms with Crippen molar-refractivity contribution in [1.29, 1.82) is 0 Å². The number of carbonyl (C=O) groups is 1. The Morgan fingerprint density at radius 3 is 2.76 bits per heavy atom. The first-order chi connectivity index (χ1) is 8.29. The molecule has 0 radical (unpaired) electrons. The number of nitrogens with two attached hydrogens (primary N) is 1. The standard InChI is InChI=1S/C13H19N3O/c14-12(11-5-2-1-3-6-11)13(17)16-9-4-7-15-8-10-16/h1-3,5-6,12,15H,4,7-10,14H2/t12-/m1/s1. The monoisotopic (exact) mass is 233 g/mol. The fourth-order valence-corrected chi connectivity index (χ4v) is 2.07. The molecular weight excluding hydrogens is 214 g/mol. The minimum absolute atomic E-state index is 0.0277. The molecule has 0 aliphatic carbocycles. The Morgan fingerprint density at radius 2 is 2.00 bits per heavy atom. The molecule has 0 bridgehead atoms. The molecule has 1 amide bonds. The van der Waals surface area contributed by atoms with Gasteiger partial charge in [0.05, 0.1) is 0 Å². The van der Waals surface area contributed by atoms with Crippen LogP contribution in [0.2, 0.25) is 0 Å². The summed E-state index contributed by atoms with van der Waals surface area (Å²) in [5.74, 6) is 0.0277. The Morgan fingerprint density at radius 1 is 1.24 bits per heavy atom. The van der Waals surface area contributed by atoms with Crippen LogP contribution in [0.3, 0.4) is 0 Å². The molecule has 92 valence electrons. The number of amides is 1. The van der Waals surface area contributed by atoms with Crippen molar-refractivity contribution in [3.8, 4) is 0 Å². The van der Waals surface area contributed by atoms with Crippen LogP contribution in [0.5, 0.6) is 0 Å². The third kappa shape index (κ3) is 3.05. The van der Waals surface area contributed by atoms with Crippen LogP contribution in [0, 0.1) is 0 Å². The van der Waals surface area contributed by atoms with E-state index in [1.807, 2.05) is 35.2 Å². The quantitative estimate of drug-likeness (QED) is 0.782. The predicted octanol–water partition coefficient (Wildman–Crippen LogP) is 0.508. The molecular formula is C13H19N3O. The maximum atomic E-state index is 12.2. The van der Waals surface area contributed by atoms with Gasteiger partial charge in [0, 0.05) is 19.6 Å². The number of hydrogen-bond donors (Lipinski definition) is 2. The molecule has 1 aromatic rings. The van der Waals surface area contributed by atoms with Gasteiger partial charge in [-0.25, -0.2) is 0 Å². The highest BCUT2D eigenvalue weighted by Gasteiger charge is 2.22. The van der Waals surface area contributed by atoms with Gasteiger partial charge < -0.3 is 16.0 Å². The lowest BCUT2D eigenvalue weighted by Gasteiger charge is -2.23. The summed E-state index contributed by atoms with van der Waals surface area (Å²) in [7, 11) is 0. The van der Waals surface area contributed by atoms with Crippen molar-refractivity contribution in [2.24, 2.45) is 5.73 Å². The average molecular weight is 233 g/mol. The largest absolute Gasteiger partial charge is 0.340 e. The van der Waals surface area contributed by atoms with E-state index in [-0.39, 0.29) is 5.91 Å². The Labute approximate surface area is 102 Å². The molecule has 0 aromatic heterocycles. The van der Waals surface area contributed by atoms with E-state index in [0.717, 1.165) is 38.2 Å². The third-order valence-electron chi connectivity index (χ3n) is 3.08. The van der Waals surface area contributed by atoms with Crippen LogP contribution in [0.4, 0.5) is 0 Å². The third-order valence-corrected chi connectivity index (χ3v) is 3.08. The molecule has 0 saturated carbocycles. The van der Waals surface area contributed by atoms with E-state index in [0.29, 0.717) is 0 Å². The number of carbonyl (C=O) groups excluding carboxylic acids is 1. The first kappa shape index (κ1) is 12.1. The minimum atomic E-state index is -0.533. The zero-order chi connectivity index (χ0) is 12.1. The van der Waals surface area contributed by atoms with E-state index in [9.17, 15) is 4.79 Å². The van der Waals surface area contributed by atoms with E-state index in [1.165, 1.54) is 0 Å². The second kappa shape index (κ2) is 5.80. The summed E-state index contributed by atoms with van der Waals surface area (Å²) in [6.45, 7) is 3.38. The van der Waals surface area contributed by atoms with Crippen LogP contribution < -0.4 is 11.1 Å². The van der Waals surface area contributed by atoms with Gasteiger partial charge in [-0.1, -0.05) is 30.3 Å². The molecule has 0 spiro atoms. The van der Waals surface area contributed by atoms with Crippen molar-refractivity contribution in [1.82, 2.24) is 10.2 Å². The molecule has 4 heteroatoms. The number of rotatable bonds is 2. The molecule has 1 aromatic carbocycles. The Bertz CT molecular complexity index is 358. The van der Waals surface area contributed by atoms with Gasteiger partial charge in [0.25, 0.3) is 0 Å². The Balaban J connectivity index is 2.03. The fraction of sp³-hybridized carbons (Fsp3) is 0.462. The van der Waals surface area contributed by atoms with E-state index < -0.39 is 6.04 Å². The van der Waals surface area contributed by atoms with Gasteiger partial charge >= 0.3 is 0 Å². The topological polar surface area (TPSA) is 58.4 Å². The van der Waals surface area contributed by atoms with Gasteiger partial charge in [-0.3, -0.25) is 4.79 Å². The lowest BCUT2D eigenvalue weighted by atomic mass is 10.1. The molecule has 0 unspecified atom stereocenters. The van der Waals surface area contributed by atoms with Crippen molar-refractivity contribution < 1.29 is 4.79 Å². The molecule has 4 nitrogen and oxygen atoms in total. The zero-order valence-electron chi connectivity index (χ0n) is 9.93. The molecule has 2 rings (SSSR count). The molecule has 1 fully saturated rings. The van der Waals surface area contributed by atoms with Gasteiger partial charge in [0.1, 0.15) is 6.04 Å². The van der Waals surface area contributed by atoms with Crippen molar-refractivity contribution in [2.45, 2.75) is 12.5 Å². The summed E-state index contributed by atoms with van der Waals surface area (Å²) in [5, 5.41) is 3.28. The summed E-state index contributed by atoms with van der Waals surface area (Å²) in [5.41, 5.74) is 6.89. The van der Waals surface area contributed by atoms with Gasteiger partial charge in [0.2, 0.25) is 5.91 Å². The summed E-state index contributed by atoms with van der Waals surface area (Å²) in [6, 6.07) is 9.02. The first-order valence-corrected chi connectivity index (χ1v) is 6.09. The van der Waals surface area contributed by atoms with Crippen molar-refractivity contribution in [2.75, 3.05) is 26.2 Å². The second-order valence-electron chi connectivity index (χ2n) is 4.32. The highest BCUT2D eigenvalue weighted by Crippen LogP contribution is 2.13. The molecule has 1 saturated heterocycles. The normalized spacial score (nSPS) is 18.5. The van der Waals surface area contributed by atoms with Crippen molar-refractivity contribution >= 4 is 5.91 Å². The predicted molar refractivity (Wildman–Crippen MR) is 67.4 cm³/mol. The Kier molecular flexibility index (Phi) is 4.12. The van der Waals surface area contributed by atoms with Crippen LogP contribution in [0.25, 0.3) is 0 Å². The average Bonchev–Trinajstić information content (AvgIpc) is 2.67. The van der Waals surface area contributed by atoms with E-state index in [2.05, 4.69) is 5.32 Å². The summed E-state index contributed by atoms with van der Waals surface area (Å²) in [6.07, 6.45) is 0.993. The number of benzene rings is 1. The second-order valence-corrected chi connectivity index (χ2v) is 4.32. The van der Waals surface area contributed by atoms with Crippen LogP contribution >= 0.6 is 0 Å². The lowest BCUT2D eigenvalue weighted by molar-refractivity contribution is -0.132. The summed E-state index contributed by atoms with van der Waals surface area (Å²) in [4.78, 5) is 14.1. The van der Waals surface area contributed by atoms with Gasteiger partial charge in [-0.15, -0.1) is 0 Å². The number of nitrogens with one attached hydrogen (secondary N) is 1. The van der Waals surface area contributed by atoms with E-state index >= 15 is 0 Å². The van der Waals surface area contributed by atoms with E-state index in [4.69, 9.17) is 5.73 Å². The van der Waals surface area contributed by atoms with Gasteiger partial charge in [-0.05, 0) is 18.5 Å². The fourth-order valence-electron chi connectivity index (χ4n) is 2.07. The SMILES string of the molecule is N[C@@H](C(=O)N1CCCNCC1)c1ccccc1. The van der Waals surface area contributed by atoms with Crippen LogP contribution in [0.15, 0.2) is 30.3 Å². The van der Waals surface area contributed by atoms with Crippen LogP contribution in [0.1, 0.15) is 18.0 Å². The smallest absolute Gasteiger partial charge is 0.244 e. The molecule has 1 heterocycles. The first-order valence-electron chi connectivity index (χ1n) is 6.09. The molecule has 1 aliphatic rings. The highest BCUT2D eigenvalue weighted by atomic mass is 16.2. The molecule has 1 aliphatic heterocycles. The summed E-state index contributed by atoms with van der Waals surface area (Å²) >= 11 is 0. The van der Waals surface area contributed by atoms with Gasteiger partial charge in [-0.2, -0.15) is 0 Å². The lowest BCUT2D eigenvalue weighted by Crippen LogP contribution is -2.40. The van der Waals surface area contributed by atoms with Crippen LogP contribution in [-0.4, -0.2) is 37.0 Å². The van der Waals surface area contributed by atoms with Gasteiger partial charge in [0.15, 0.2) is 0 Å². The highest BCUT2D eigenvalue weighted by molar-refractivity contribution is 5.83. The number of nitrogens with zero attached hydrogens (tertiary/aromatic N) is 1. The van der Waals surface area contributed by atoms with E-state index in [1.54, 1.807) is 0 Å². The molecule has 17 heavy (non-hydrogen) atoms. The molecule has 1 atom stereocenters. The maximum absolute atomic E-state index is 12.2. The molecule has 3 N–H and O–H groups in total.